The number of ketones is 1. The summed E-state index contributed by atoms with van der Waals surface area (Å²) < 4.78 is 6.60. The van der Waals surface area contributed by atoms with Crippen LogP contribution in [0.25, 0.3) is 16.0 Å². The number of Topliss-reactive ketones (excluding diaryl/α,β-unsaturated/α-hetero) is 1. The van der Waals surface area contributed by atoms with Gasteiger partial charge in [-0.25, -0.2) is 4.98 Å². The summed E-state index contributed by atoms with van der Waals surface area (Å²) in [6, 6.07) is 17.7. The summed E-state index contributed by atoms with van der Waals surface area (Å²) in [7, 11) is 0. The van der Waals surface area contributed by atoms with E-state index in [1.807, 2.05) is 37.3 Å². The number of halogens is 1. The summed E-state index contributed by atoms with van der Waals surface area (Å²) in [5.41, 5.74) is 3.89. The van der Waals surface area contributed by atoms with Crippen molar-refractivity contribution in [2.24, 2.45) is 0 Å². The minimum Gasteiger partial charge on any atom is -0.507 e. The predicted molar refractivity (Wildman–Crippen MR) is 155 cm³/mol. The normalized spacial score (nSPS) is 20.5. The van der Waals surface area contributed by atoms with Gasteiger partial charge in [-0.3, -0.25) is 14.5 Å². The number of aromatic nitrogens is 1. The molecule has 1 amide bonds. The van der Waals surface area contributed by atoms with Gasteiger partial charge in [0.15, 0.2) is 5.13 Å². The number of carbonyl (C=O) groups excluding carboxylic acids is 2. The monoisotopic (exact) mass is 558 g/mol. The number of anilines is 1. The first-order valence-corrected chi connectivity index (χ1v) is 14.0. The first-order chi connectivity index (χ1) is 18.5. The van der Waals surface area contributed by atoms with Crippen LogP contribution in [-0.4, -0.2) is 27.9 Å². The lowest BCUT2D eigenvalue weighted by Gasteiger charge is -2.24. The second kappa shape index (κ2) is 9.21. The molecule has 0 bridgehead atoms. The highest BCUT2D eigenvalue weighted by molar-refractivity contribution is 7.22. The first kappa shape index (κ1) is 25.6. The molecule has 2 unspecified atom stereocenters. The summed E-state index contributed by atoms with van der Waals surface area (Å²) in [6.07, 6.45) is 0.744. The smallest absolute Gasteiger partial charge is 0.301 e. The van der Waals surface area contributed by atoms with Crippen molar-refractivity contribution < 1.29 is 19.4 Å². The van der Waals surface area contributed by atoms with Crippen LogP contribution in [0.15, 0.2) is 66.2 Å². The minimum atomic E-state index is -0.849. The molecule has 0 aliphatic carbocycles. The van der Waals surface area contributed by atoms with Crippen LogP contribution in [0.2, 0.25) is 5.02 Å². The second-order valence-corrected chi connectivity index (χ2v) is 12.6. The molecule has 8 heteroatoms. The molecule has 0 radical (unpaired) electrons. The Bertz CT molecular complexity index is 1680. The van der Waals surface area contributed by atoms with Gasteiger partial charge >= 0.3 is 5.91 Å². The number of rotatable bonds is 3. The van der Waals surface area contributed by atoms with Gasteiger partial charge in [-0.2, -0.15) is 0 Å². The Balaban J connectivity index is 1.53. The van der Waals surface area contributed by atoms with E-state index in [2.05, 4.69) is 25.8 Å². The van der Waals surface area contributed by atoms with Crippen LogP contribution in [0, 0.1) is 0 Å². The quantitative estimate of drug-likeness (QED) is 0.163. The van der Waals surface area contributed by atoms with Crippen molar-refractivity contribution in [1.29, 1.82) is 0 Å². The van der Waals surface area contributed by atoms with Crippen molar-refractivity contribution in [2.75, 3.05) is 4.90 Å². The minimum absolute atomic E-state index is 0.0349. The van der Waals surface area contributed by atoms with E-state index in [0.717, 1.165) is 21.6 Å². The van der Waals surface area contributed by atoms with Crippen molar-refractivity contribution in [3.8, 4) is 5.75 Å². The fourth-order valence-corrected chi connectivity index (χ4v) is 6.49. The van der Waals surface area contributed by atoms with Crippen LogP contribution < -0.4 is 9.64 Å². The molecule has 2 aliphatic heterocycles. The van der Waals surface area contributed by atoms with Crippen molar-refractivity contribution in [2.45, 2.75) is 51.7 Å². The van der Waals surface area contributed by atoms with Crippen molar-refractivity contribution in [3.05, 3.63) is 93.5 Å². The van der Waals surface area contributed by atoms with Gasteiger partial charge in [0.1, 0.15) is 17.6 Å². The fraction of sp³-hybridized carbons (Fsp3) is 0.258. The average Bonchev–Trinajstić information content (AvgIpc) is 3.55. The van der Waals surface area contributed by atoms with E-state index in [-0.39, 0.29) is 22.9 Å². The van der Waals surface area contributed by atoms with Gasteiger partial charge in [0.05, 0.1) is 21.8 Å². The van der Waals surface area contributed by atoms with E-state index in [4.69, 9.17) is 16.3 Å². The van der Waals surface area contributed by atoms with Gasteiger partial charge in [-0.15, -0.1) is 0 Å². The third kappa shape index (κ3) is 4.39. The Hall–Kier alpha value is -3.68. The molecule has 1 saturated heterocycles. The van der Waals surface area contributed by atoms with E-state index in [0.29, 0.717) is 33.2 Å². The molecule has 4 aromatic rings. The molecule has 0 saturated carbocycles. The number of hydrogen-bond donors (Lipinski definition) is 1. The summed E-state index contributed by atoms with van der Waals surface area (Å²) in [5.74, 6) is -0.932. The standard InChI is InChI=1S/C31H27ClN2O4S/c1-16-13-19-14-18(7-12-23(19)38-16)27(35)25-26(17-5-8-20(9-6-17)31(2,3)4)34(29(37)28(25)36)30-33-22-11-10-21(32)15-24(22)39-30/h5-12,14-16,26,35H,13H2,1-4H3/b27-25+. The molecule has 39 heavy (non-hydrogen) atoms. The van der Waals surface area contributed by atoms with Crippen LogP contribution in [0.3, 0.4) is 0 Å². The van der Waals surface area contributed by atoms with Gasteiger partial charge in [0, 0.05) is 17.0 Å². The van der Waals surface area contributed by atoms with Crippen LogP contribution >= 0.6 is 22.9 Å². The van der Waals surface area contributed by atoms with Crippen LogP contribution in [0.1, 0.15) is 56.0 Å². The summed E-state index contributed by atoms with van der Waals surface area (Å²) >= 11 is 7.48. The lowest BCUT2D eigenvalue weighted by Crippen LogP contribution is -2.29. The lowest BCUT2D eigenvalue weighted by molar-refractivity contribution is -0.132. The number of ether oxygens (including phenoxy) is 1. The average molecular weight is 559 g/mol. The van der Waals surface area contributed by atoms with Crippen LogP contribution in [0.4, 0.5) is 5.13 Å². The number of thiazole rings is 1. The van der Waals surface area contributed by atoms with Crippen molar-refractivity contribution in [3.63, 3.8) is 0 Å². The number of hydrogen-bond acceptors (Lipinski definition) is 6. The van der Waals surface area contributed by atoms with Gasteiger partial charge in [0.25, 0.3) is 5.78 Å². The molecule has 0 spiro atoms. The van der Waals surface area contributed by atoms with E-state index < -0.39 is 17.7 Å². The highest BCUT2D eigenvalue weighted by atomic mass is 35.5. The van der Waals surface area contributed by atoms with E-state index in [1.165, 1.54) is 16.2 Å². The lowest BCUT2D eigenvalue weighted by atomic mass is 9.85. The highest BCUT2D eigenvalue weighted by Crippen LogP contribution is 2.45. The highest BCUT2D eigenvalue weighted by Gasteiger charge is 2.48. The number of aliphatic hydroxyl groups excluding tert-OH is 1. The van der Waals surface area contributed by atoms with Gasteiger partial charge in [-0.05, 0) is 65.4 Å². The molecule has 1 aromatic heterocycles. The Kier molecular flexibility index (Phi) is 6.04. The zero-order valence-electron chi connectivity index (χ0n) is 22.0. The zero-order chi connectivity index (χ0) is 27.6. The van der Waals surface area contributed by atoms with Crippen LogP contribution in [0.5, 0.6) is 5.75 Å². The molecule has 1 fully saturated rings. The third-order valence-corrected chi connectivity index (χ3v) is 8.50. The molecule has 6 rings (SSSR count). The number of amides is 1. The SMILES string of the molecule is CC1Cc2cc(/C(O)=C3\C(=O)C(=O)N(c4nc5ccc(Cl)cc5s4)C3c3ccc(C(C)(C)C)cc3)ccc2O1. The molecule has 198 valence electrons. The van der Waals surface area contributed by atoms with E-state index in [1.54, 1.807) is 30.3 Å². The first-order valence-electron chi connectivity index (χ1n) is 12.8. The molecular formula is C31H27ClN2O4S. The Morgan fingerprint density at radius 3 is 2.54 bits per heavy atom. The molecule has 2 atom stereocenters. The second-order valence-electron chi connectivity index (χ2n) is 11.1. The third-order valence-electron chi connectivity index (χ3n) is 7.25. The van der Waals surface area contributed by atoms with Gasteiger partial charge in [0.2, 0.25) is 0 Å². The van der Waals surface area contributed by atoms with Crippen LogP contribution in [-0.2, 0) is 21.4 Å². The Labute approximate surface area is 235 Å². The molecular weight excluding hydrogens is 532 g/mol. The van der Waals surface area contributed by atoms with E-state index in [9.17, 15) is 14.7 Å². The maximum absolute atomic E-state index is 13.6. The fourth-order valence-electron chi connectivity index (χ4n) is 5.22. The number of fused-ring (bicyclic) bond motifs is 2. The zero-order valence-corrected chi connectivity index (χ0v) is 23.6. The van der Waals surface area contributed by atoms with E-state index >= 15 is 0 Å². The Morgan fingerprint density at radius 2 is 1.82 bits per heavy atom. The summed E-state index contributed by atoms with van der Waals surface area (Å²) in [4.78, 5) is 33.2. The maximum Gasteiger partial charge on any atom is 0.301 e. The molecule has 1 N–H and O–H groups in total. The number of benzene rings is 3. The number of aliphatic hydroxyl groups is 1. The number of nitrogens with zero attached hydrogens (tertiary/aromatic N) is 2. The van der Waals surface area contributed by atoms with Crippen molar-refractivity contribution >= 4 is 55.7 Å². The molecule has 3 aromatic carbocycles. The predicted octanol–water partition coefficient (Wildman–Crippen LogP) is 7.20. The topological polar surface area (TPSA) is 79.7 Å². The summed E-state index contributed by atoms with van der Waals surface area (Å²) in [6.45, 7) is 8.35. The van der Waals surface area contributed by atoms with Gasteiger partial charge in [-0.1, -0.05) is 68.0 Å². The molecule has 6 nitrogen and oxygen atoms in total. The Morgan fingerprint density at radius 1 is 1.08 bits per heavy atom. The molecule has 2 aliphatic rings. The summed E-state index contributed by atoms with van der Waals surface area (Å²) in [5, 5.41) is 12.5. The maximum atomic E-state index is 13.6. The molecule has 3 heterocycles. The van der Waals surface area contributed by atoms with Crippen molar-refractivity contribution in [1.82, 2.24) is 4.98 Å². The largest absolute Gasteiger partial charge is 0.507 e. The number of carbonyl (C=O) groups is 2. The van der Waals surface area contributed by atoms with Gasteiger partial charge < -0.3 is 9.84 Å².